The number of rotatable bonds is 3. The predicted molar refractivity (Wildman–Crippen MR) is 70.2 cm³/mol. The minimum absolute atomic E-state index is 0.233. The van der Waals surface area contributed by atoms with Crippen LogP contribution in [0.1, 0.15) is 18.6 Å². The monoisotopic (exact) mass is 287 g/mol. The smallest absolute Gasteiger partial charge is 0.323 e. The van der Waals surface area contributed by atoms with Gasteiger partial charge in [-0.05, 0) is 13.0 Å². The van der Waals surface area contributed by atoms with E-state index in [-0.39, 0.29) is 6.54 Å². The number of fused-ring (bicyclic) bond motifs is 1. The number of aliphatic carboxylic acids is 1. The largest absolute Gasteiger partial charge is 0.480 e. The Hall–Kier alpha value is -1.23. The van der Waals surface area contributed by atoms with E-state index in [0.717, 1.165) is 0 Å². The molecular weight excluding hydrogens is 277 g/mol. The number of carboxylic acid groups (broad SMARTS) is 1. The van der Waals surface area contributed by atoms with Crippen molar-refractivity contribution in [1.29, 1.82) is 0 Å². The van der Waals surface area contributed by atoms with E-state index in [1.165, 1.54) is 4.57 Å². The Morgan fingerprint density at radius 1 is 1.44 bits per heavy atom. The molecule has 0 amide bonds. The second-order valence-electron chi connectivity index (χ2n) is 4.04. The molecule has 0 bridgehead atoms. The molecule has 18 heavy (non-hydrogen) atoms. The number of carbonyl (C=O) groups is 1. The van der Waals surface area contributed by atoms with Crippen LogP contribution in [0.25, 0.3) is 10.9 Å². The molecule has 1 unspecified atom stereocenters. The van der Waals surface area contributed by atoms with Crippen LogP contribution in [0.5, 0.6) is 0 Å². The van der Waals surface area contributed by atoms with Crippen LogP contribution in [0, 0.1) is 0 Å². The van der Waals surface area contributed by atoms with Crippen molar-refractivity contribution in [1.82, 2.24) is 4.57 Å². The average Bonchev–Trinajstić information content (AvgIpc) is 2.62. The third-order valence-electron chi connectivity index (χ3n) is 2.72. The van der Waals surface area contributed by atoms with E-state index in [9.17, 15) is 9.90 Å². The molecule has 0 spiro atoms. The van der Waals surface area contributed by atoms with Crippen LogP contribution in [-0.4, -0.2) is 20.7 Å². The maximum absolute atomic E-state index is 10.8. The molecule has 0 fully saturated rings. The molecule has 96 valence electrons. The van der Waals surface area contributed by atoms with Crippen molar-refractivity contribution in [2.75, 3.05) is 0 Å². The maximum atomic E-state index is 10.8. The molecule has 0 saturated heterocycles. The number of halogens is 2. The Balaban J connectivity index is 2.77. The molecule has 2 aromatic rings. The maximum Gasteiger partial charge on any atom is 0.323 e. The highest BCUT2D eigenvalue weighted by Gasteiger charge is 2.17. The van der Waals surface area contributed by atoms with Crippen molar-refractivity contribution < 1.29 is 15.0 Å². The standard InChI is InChI=1S/C12H11Cl2NO3/c1-6(16)8-4-15(5-10(17)18)12-7(8)2-3-9(13)11(12)14/h2-4,6,16H,5H2,1H3,(H,17,18). The molecule has 1 aromatic heterocycles. The minimum Gasteiger partial charge on any atom is -0.480 e. The number of nitrogens with zero attached hydrogens (tertiary/aromatic N) is 1. The van der Waals surface area contributed by atoms with Gasteiger partial charge in [0.1, 0.15) is 6.54 Å². The number of aliphatic hydroxyl groups excluding tert-OH is 1. The zero-order chi connectivity index (χ0) is 13.4. The molecule has 2 rings (SSSR count). The van der Waals surface area contributed by atoms with Crippen molar-refractivity contribution in [3.63, 3.8) is 0 Å². The Labute approximate surface area is 113 Å². The summed E-state index contributed by atoms with van der Waals surface area (Å²) in [7, 11) is 0. The molecule has 2 N–H and O–H groups in total. The summed E-state index contributed by atoms with van der Waals surface area (Å²) in [5, 5.41) is 19.9. The lowest BCUT2D eigenvalue weighted by atomic mass is 10.1. The second-order valence-corrected chi connectivity index (χ2v) is 4.82. The van der Waals surface area contributed by atoms with Crippen LogP contribution in [0.4, 0.5) is 0 Å². The van der Waals surface area contributed by atoms with Crippen molar-refractivity contribution >= 4 is 40.1 Å². The van der Waals surface area contributed by atoms with Gasteiger partial charge in [-0.15, -0.1) is 0 Å². The molecule has 0 aliphatic heterocycles. The topological polar surface area (TPSA) is 62.5 Å². The molecule has 0 aliphatic carbocycles. The van der Waals surface area contributed by atoms with E-state index in [1.807, 2.05) is 0 Å². The molecule has 0 aliphatic rings. The average molecular weight is 288 g/mol. The molecule has 1 heterocycles. The zero-order valence-electron chi connectivity index (χ0n) is 9.52. The highest BCUT2D eigenvalue weighted by molar-refractivity contribution is 6.45. The van der Waals surface area contributed by atoms with E-state index >= 15 is 0 Å². The highest BCUT2D eigenvalue weighted by atomic mass is 35.5. The lowest BCUT2D eigenvalue weighted by molar-refractivity contribution is -0.137. The van der Waals surface area contributed by atoms with E-state index < -0.39 is 12.1 Å². The van der Waals surface area contributed by atoms with Gasteiger partial charge in [-0.25, -0.2) is 0 Å². The van der Waals surface area contributed by atoms with Crippen LogP contribution in [-0.2, 0) is 11.3 Å². The number of carboxylic acids is 1. The molecule has 1 aromatic carbocycles. The Morgan fingerprint density at radius 2 is 2.11 bits per heavy atom. The quantitative estimate of drug-likeness (QED) is 0.912. The summed E-state index contributed by atoms with van der Waals surface area (Å²) in [6.07, 6.45) is 0.880. The number of aliphatic hydroxyl groups is 1. The fourth-order valence-electron chi connectivity index (χ4n) is 1.96. The summed E-state index contributed by atoms with van der Waals surface area (Å²) in [4.78, 5) is 10.8. The van der Waals surface area contributed by atoms with Gasteiger partial charge in [0, 0.05) is 17.1 Å². The van der Waals surface area contributed by atoms with Crippen molar-refractivity contribution in [3.05, 3.63) is 33.9 Å². The lowest BCUT2D eigenvalue weighted by Gasteiger charge is -2.04. The third-order valence-corrected chi connectivity index (χ3v) is 3.51. The summed E-state index contributed by atoms with van der Waals surface area (Å²) in [5.74, 6) is -0.986. The van der Waals surface area contributed by atoms with Crippen molar-refractivity contribution in [2.45, 2.75) is 19.6 Å². The lowest BCUT2D eigenvalue weighted by Crippen LogP contribution is -2.07. The van der Waals surface area contributed by atoms with Crippen LogP contribution in [0.2, 0.25) is 10.0 Å². The SMILES string of the molecule is CC(O)c1cn(CC(=O)O)c2c(Cl)c(Cl)ccc12. The number of hydrogen-bond donors (Lipinski definition) is 2. The van der Waals surface area contributed by atoms with Gasteiger partial charge in [-0.1, -0.05) is 29.3 Å². The fraction of sp³-hybridized carbons (Fsp3) is 0.250. The van der Waals surface area contributed by atoms with E-state index in [1.54, 1.807) is 25.3 Å². The highest BCUT2D eigenvalue weighted by Crippen LogP contribution is 2.35. The number of hydrogen-bond acceptors (Lipinski definition) is 2. The third kappa shape index (κ3) is 2.19. The van der Waals surface area contributed by atoms with Crippen LogP contribution in [0.15, 0.2) is 18.3 Å². The van der Waals surface area contributed by atoms with Gasteiger partial charge in [-0.3, -0.25) is 4.79 Å². The van der Waals surface area contributed by atoms with E-state index in [2.05, 4.69) is 0 Å². The molecule has 4 nitrogen and oxygen atoms in total. The van der Waals surface area contributed by atoms with Gasteiger partial charge in [0.25, 0.3) is 0 Å². The summed E-state index contributed by atoms with van der Waals surface area (Å²) in [5.41, 5.74) is 1.16. The Kier molecular flexibility index (Phi) is 3.52. The Bertz CT molecular complexity index is 619. The summed E-state index contributed by atoms with van der Waals surface area (Å²) in [6.45, 7) is 1.38. The van der Waals surface area contributed by atoms with Gasteiger partial charge in [-0.2, -0.15) is 0 Å². The van der Waals surface area contributed by atoms with Gasteiger partial charge in [0.05, 0.1) is 21.7 Å². The first kappa shape index (κ1) is 13.2. The first-order chi connectivity index (χ1) is 8.41. The number of aromatic nitrogens is 1. The summed E-state index contributed by atoms with van der Waals surface area (Å²) >= 11 is 12.0. The van der Waals surface area contributed by atoms with Crippen LogP contribution < -0.4 is 0 Å². The Morgan fingerprint density at radius 3 is 2.67 bits per heavy atom. The normalized spacial score (nSPS) is 12.9. The molecule has 0 saturated carbocycles. The second kappa shape index (κ2) is 4.80. The number of benzene rings is 1. The van der Waals surface area contributed by atoms with E-state index in [4.69, 9.17) is 28.3 Å². The summed E-state index contributed by atoms with van der Waals surface area (Å²) < 4.78 is 1.48. The van der Waals surface area contributed by atoms with Crippen LogP contribution in [0.3, 0.4) is 0 Å². The van der Waals surface area contributed by atoms with Crippen molar-refractivity contribution in [3.8, 4) is 0 Å². The molecule has 0 radical (unpaired) electrons. The van der Waals surface area contributed by atoms with Crippen LogP contribution >= 0.6 is 23.2 Å². The molecule has 6 heteroatoms. The summed E-state index contributed by atoms with van der Waals surface area (Å²) in [6, 6.07) is 3.35. The first-order valence-corrected chi connectivity index (χ1v) is 6.04. The van der Waals surface area contributed by atoms with Gasteiger partial charge < -0.3 is 14.8 Å². The first-order valence-electron chi connectivity index (χ1n) is 5.28. The van der Waals surface area contributed by atoms with Crippen molar-refractivity contribution in [2.24, 2.45) is 0 Å². The van der Waals surface area contributed by atoms with E-state index in [0.29, 0.717) is 26.5 Å². The molecular formula is C12H11Cl2NO3. The van der Waals surface area contributed by atoms with Gasteiger partial charge in [0.2, 0.25) is 0 Å². The molecule has 1 atom stereocenters. The van der Waals surface area contributed by atoms with Gasteiger partial charge in [0.15, 0.2) is 0 Å². The fourth-order valence-corrected chi connectivity index (χ4v) is 2.38. The zero-order valence-corrected chi connectivity index (χ0v) is 11.0. The predicted octanol–water partition coefficient (Wildman–Crippen LogP) is 3.09. The minimum atomic E-state index is -0.986. The van der Waals surface area contributed by atoms with Gasteiger partial charge >= 0.3 is 5.97 Å².